The van der Waals surface area contributed by atoms with Crippen LogP contribution < -0.4 is 5.32 Å². The number of nitrogens with one attached hydrogen (secondary N) is 1. The third-order valence-corrected chi connectivity index (χ3v) is 3.21. The Bertz CT molecular complexity index is 331. The van der Waals surface area contributed by atoms with Crippen molar-refractivity contribution >= 4 is 17.5 Å². The first-order valence-electron chi connectivity index (χ1n) is 5.65. The van der Waals surface area contributed by atoms with E-state index >= 15 is 0 Å². The van der Waals surface area contributed by atoms with Crippen molar-refractivity contribution in [1.82, 2.24) is 9.97 Å². The molecule has 0 spiro atoms. The van der Waals surface area contributed by atoms with Crippen LogP contribution in [0.3, 0.4) is 0 Å². The maximum atomic E-state index is 9.79. The van der Waals surface area contributed by atoms with Gasteiger partial charge in [-0.2, -0.15) is 0 Å². The highest BCUT2D eigenvalue weighted by Gasteiger charge is 2.22. The molecule has 1 heterocycles. The minimum atomic E-state index is -0.187. The molecule has 1 aliphatic rings. The largest absolute Gasteiger partial charge is 0.393 e. The van der Waals surface area contributed by atoms with Crippen molar-refractivity contribution in [2.24, 2.45) is 5.92 Å². The molecule has 1 fully saturated rings. The van der Waals surface area contributed by atoms with Gasteiger partial charge in [-0.15, -0.1) is 0 Å². The molecule has 16 heavy (non-hydrogen) atoms. The molecular formula is C11H16ClN3O. The molecule has 1 saturated carbocycles. The molecule has 88 valence electrons. The van der Waals surface area contributed by atoms with Crippen LogP contribution in [-0.2, 0) is 0 Å². The zero-order valence-electron chi connectivity index (χ0n) is 9.06. The highest BCUT2D eigenvalue weighted by molar-refractivity contribution is 6.30. The lowest BCUT2D eigenvalue weighted by Crippen LogP contribution is -2.30. The Morgan fingerprint density at radius 2 is 2.00 bits per heavy atom. The van der Waals surface area contributed by atoms with Crippen LogP contribution in [0.25, 0.3) is 0 Å². The van der Waals surface area contributed by atoms with Crippen molar-refractivity contribution in [3.8, 4) is 0 Å². The van der Waals surface area contributed by atoms with Gasteiger partial charge >= 0.3 is 0 Å². The predicted molar refractivity (Wildman–Crippen MR) is 63.5 cm³/mol. The van der Waals surface area contributed by atoms with Gasteiger partial charge < -0.3 is 10.4 Å². The van der Waals surface area contributed by atoms with E-state index in [9.17, 15) is 5.11 Å². The first kappa shape index (κ1) is 11.6. The van der Waals surface area contributed by atoms with Gasteiger partial charge in [0.15, 0.2) is 0 Å². The van der Waals surface area contributed by atoms with Gasteiger partial charge in [0.1, 0.15) is 0 Å². The molecule has 0 bridgehead atoms. The van der Waals surface area contributed by atoms with E-state index in [4.69, 9.17) is 11.6 Å². The summed E-state index contributed by atoms with van der Waals surface area (Å²) in [6.07, 6.45) is 7.26. The second-order valence-electron chi connectivity index (χ2n) is 4.22. The lowest BCUT2D eigenvalue weighted by Gasteiger charge is -2.27. The lowest BCUT2D eigenvalue weighted by molar-refractivity contribution is 0.0762. The van der Waals surface area contributed by atoms with Crippen molar-refractivity contribution in [3.63, 3.8) is 0 Å². The molecule has 2 atom stereocenters. The molecule has 0 radical (unpaired) electrons. The van der Waals surface area contributed by atoms with Crippen molar-refractivity contribution in [1.29, 1.82) is 0 Å². The van der Waals surface area contributed by atoms with Gasteiger partial charge in [0, 0.05) is 12.5 Å². The van der Waals surface area contributed by atoms with E-state index in [2.05, 4.69) is 15.3 Å². The van der Waals surface area contributed by atoms with E-state index < -0.39 is 0 Å². The summed E-state index contributed by atoms with van der Waals surface area (Å²) in [4.78, 5) is 8.10. The summed E-state index contributed by atoms with van der Waals surface area (Å²) in [5.74, 6) is 0.884. The smallest absolute Gasteiger partial charge is 0.222 e. The Morgan fingerprint density at radius 3 is 2.69 bits per heavy atom. The summed E-state index contributed by atoms with van der Waals surface area (Å²) in [6, 6.07) is 0. The Kier molecular flexibility index (Phi) is 3.96. The summed E-state index contributed by atoms with van der Waals surface area (Å²) in [6.45, 7) is 0.725. The summed E-state index contributed by atoms with van der Waals surface area (Å²) >= 11 is 5.69. The molecule has 1 aromatic rings. The number of aliphatic hydroxyl groups is 1. The maximum absolute atomic E-state index is 9.79. The molecule has 0 saturated heterocycles. The second kappa shape index (κ2) is 5.46. The lowest BCUT2D eigenvalue weighted by atomic mass is 9.86. The van der Waals surface area contributed by atoms with Crippen molar-refractivity contribution < 1.29 is 5.11 Å². The Hall–Kier alpha value is -0.870. The molecular weight excluding hydrogens is 226 g/mol. The van der Waals surface area contributed by atoms with Gasteiger partial charge in [-0.1, -0.05) is 24.4 Å². The Morgan fingerprint density at radius 1 is 1.31 bits per heavy atom. The van der Waals surface area contributed by atoms with Gasteiger partial charge in [0.25, 0.3) is 0 Å². The zero-order chi connectivity index (χ0) is 11.4. The quantitative estimate of drug-likeness (QED) is 0.851. The van der Waals surface area contributed by atoms with Gasteiger partial charge in [0.2, 0.25) is 5.95 Å². The van der Waals surface area contributed by atoms with Crippen LogP contribution in [-0.4, -0.2) is 27.7 Å². The van der Waals surface area contributed by atoms with Crippen LogP contribution >= 0.6 is 11.6 Å². The number of aliphatic hydroxyl groups excluding tert-OH is 1. The molecule has 1 aromatic heterocycles. The van der Waals surface area contributed by atoms with E-state index in [0.717, 1.165) is 25.8 Å². The SMILES string of the molecule is OC1CCCCC1CNc1ncc(Cl)cn1. The first-order chi connectivity index (χ1) is 7.75. The van der Waals surface area contributed by atoms with Crippen LogP contribution in [0.5, 0.6) is 0 Å². The van der Waals surface area contributed by atoms with Crippen LogP contribution in [0, 0.1) is 5.92 Å². The maximum Gasteiger partial charge on any atom is 0.222 e. The first-order valence-corrected chi connectivity index (χ1v) is 6.03. The fraction of sp³-hybridized carbons (Fsp3) is 0.636. The molecule has 0 aliphatic heterocycles. The average Bonchev–Trinajstić information content (AvgIpc) is 2.30. The van der Waals surface area contributed by atoms with Crippen LogP contribution in [0.2, 0.25) is 5.02 Å². The summed E-state index contributed by atoms with van der Waals surface area (Å²) in [7, 11) is 0. The molecule has 2 unspecified atom stereocenters. The van der Waals surface area contributed by atoms with E-state index in [1.165, 1.54) is 6.42 Å². The van der Waals surface area contributed by atoms with E-state index in [-0.39, 0.29) is 6.10 Å². The third kappa shape index (κ3) is 3.06. The predicted octanol–water partition coefficient (Wildman–Crippen LogP) is 2.09. The van der Waals surface area contributed by atoms with Gasteiger partial charge in [-0.05, 0) is 12.8 Å². The number of anilines is 1. The second-order valence-corrected chi connectivity index (χ2v) is 4.65. The Balaban J connectivity index is 1.84. The number of aromatic nitrogens is 2. The fourth-order valence-corrected chi connectivity index (χ4v) is 2.15. The van der Waals surface area contributed by atoms with Crippen molar-refractivity contribution in [2.45, 2.75) is 31.8 Å². The minimum Gasteiger partial charge on any atom is -0.393 e. The number of nitrogens with zero attached hydrogens (tertiary/aromatic N) is 2. The zero-order valence-corrected chi connectivity index (χ0v) is 9.82. The van der Waals surface area contributed by atoms with E-state index in [0.29, 0.717) is 16.9 Å². The molecule has 5 heteroatoms. The Labute approximate surface area is 100 Å². The monoisotopic (exact) mass is 241 g/mol. The van der Waals surface area contributed by atoms with Crippen LogP contribution in [0.4, 0.5) is 5.95 Å². The molecule has 0 aromatic carbocycles. The number of hydrogen-bond acceptors (Lipinski definition) is 4. The normalized spacial score (nSPS) is 25.4. The third-order valence-electron chi connectivity index (χ3n) is 3.01. The van der Waals surface area contributed by atoms with Gasteiger partial charge in [-0.25, -0.2) is 9.97 Å². The summed E-state index contributed by atoms with van der Waals surface area (Å²) in [5.41, 5.74) is 0. The fourth-order valence-electron chi connectivity index (χ4n) is 2.05. The highest BCUT2D eigenvalue weighted by Crippen LogP contribution is 2.24. The molecule has 1 aliphatic carbocycles. The topological polar surface area (TPSA) is 58.0 Å². The number of rotatable bonds is 3. The standard InChI is InChI=1S/C11H16ClN3O/c12-9-6-14-11(15-7-9)13-5-8-3-1-2-4-10(8)16/h6-8,10,16H,1-5H2,(H,13,14,15). The van der Waals surface area contributed by atoms with E-state index in [1.54, 1.807) is 12.4 Å². The molecule has 4 nitrogen and oxygen atoms in total. The van der Waals surface area contributed by atoms with Crippen LogP contribution in [0.1, 0.15) is 25.7 Å². The highest BCUT2D eigenvalue weighted by atomic mass is 35.5. The van der Waals surface area contributed by atoms with Gasteiger partial charge in [-0.3, -0.25) is 0 Å². The summed E-state index contributed by atoms with van der Waals surface area (Å²) < 4.78 is 0. The minimum absolute atomic E-state index is 0.187. The molecule has 2 N–H and O–H groups in total. The average molecular weight is 242 g/mol. The van der Waals surface area contributed by atoms with Crippen LogP contribution in [0.15, 0.2) is 12.4 Å². The molecule has 0 amide bonds. The molecule has 2 rings (SSSR count). The van der Waals surface area contributed by atoms with Gasteiger partial charge in [0.05, 0.1) is 23.5 Å². The van der Waals surface area contributed by atoms with E-state index in [1.807, 2.05) is 0 Å². The van der Waals surface area contributed by atoms with Crippen molar-refractivity contribution in [2.75, 3.05) is 11.9 Å². The summed E-state index contributed by atoms with van der Waals surface area (Å²) in [5, 5.41) is 13.5. The van der Waals surface area contributed by atoms with Crippen molar-refractivity contribution in [3.05, 3.63) is 17.4 Å². The number of halogens is 1. The number of hydrogen-bond donors (Lipinski definition) is 2.